The average Bonchev–Trinajstić information content (AvgIpc) is 2.51. The van der Waals surface area contributed by atoms with Gasteiger partial charge in [0.05, 0.1) is 0 Å². The van der Waals surface area contributed by atoms with Crippen molar-refractivity contribution in [2.45, 2.75) is 20.0 Å². The van der Waals surface area contributed by atoms with Gasteiger partial charge in [0.2, 0.25) is 0 Å². The molecule has 5 heteroatoms. The van der Waals surface area contributed by atoms with E-state index in [0.29, 0.717) is 24.2 Å². The highest BCUT2D eigenvalue weighted by molar-refractivity contribution is 5.84. The van der Waals surface area contributed by atoms with Gasteiger partial charge in [0.1, 0.15) is 17.1 Å². The summed E-state index contributed by atoms with van der Waals surface area (Å²) in [5.41, 5.74) is 2.16. The number of aromatic hydroxyl groups is 1. The minimum atomic E-state index is -0.453. The molecule has 1 heterocycles. The quantitative estimate of drug-likeness (QED) is 0.744. The molecule has 0 aliphatic heterocycles. The number of phenols is 1. The fourth-order valence-electron chi connectivity index (χ4n) is 2.84. The van der Waals surface area contributed by atoms with E-state index in [1.54, 1.807) is 25.1 Å². The fraction of sp³-hybridized carbons (Fsp3) is 0.211. The Morgan fingerprint density at radius 1 is 1.17 bits per heavy atom. The number of nitrogens with zero attached hydrogens (tertiary/aromatic N) is 1. The molecule has 4 nitrogen and oxygen atoms in total. The summed E-state index contributed by atoms with van der Waals surface area (Å²) in [7, 11) is 1.90. The van der Waals surface area contributed by atoms with Gasteiger partial charge in [-0.2, -0.15) is 0 Å². The van der Waals surface area contributed by atoms with Crippen molar-refractivity contribution in [2.75, 3.05) is 7.05 Å². The summed E-state index contributed by atoms with van der Waals surface area (Å²) >= 11 is 0. The molecule has 0 amide bonds. The van der Waals surface area contributed by atoms with Crippen LogP contribution in [0, 0.1) is 12.7 Å². The Kier molecular flexibility index (Phi) is 4.36. The number of halogens is 1. The van der Waals surface area contributed by atoms with Gasteiger partial charge in [-0.3, -0.25) is 4.90 Å². The summed E-state index contributed by atoms with van der Waals surface area (Å²) in [5, 5.41) is 10.6. The van der Waals surface area contributed by atoms with Crippen molar-refractivity contribution < 1.29 is 13.9 Å². The van der Waals surface area contributed by atoms with Crippen molar-refractivity contribution in [3.8, 4) is 5.75 Å². The minimum absolute atomic E-state index is 0.0934. The minimum Gasteiger partial charge on any atom is -0.508 e. The van der Waals surface area contributed by atoms with Crippen LogP contribution in [0.2, 0.25) is 0 Å². The first-order valence-corrected chi connectivity index (χ1v) is 7.62. The molecule has 0 spiro atoms. The Hall–Kier alpha value is -2.66. The predicted octanol–water partition coefficient (Wildman–Crippen LogP) is 3.58. The summed E-state index contributed by atoms with van der Waals surface area (Å²) in [5.74, 6) is -0.172. The van der Waals surface area contributed by atoms with Gasteiger partial charge in [-0.1, -0.05) is 12.1 Å². The highest BCUT2D eigenvalue weighted by Gasteiger charge is 2.12. The lowest BCUT2D eigenvalue weighted by Gasteiger charge is -2.18. The molecule has 0 atom stereocenters. The van der Waals surface area contributed by atoms with Gasteiger partial charge < -0.3 is 9.52 Å². The van der Waals surface area contributed by atoms with Gasteiger partial charge in [0.25, 0.3) is 0 Å². The molecule has 0 unspecified atom stereocenters. The molecule has 1 aromatic heterocycles. The highest BCUT2D eigenvalue weighted by Crippen LogP contribution is 2.28. The number of benzene rings is 2. The van der Waals surface area contributed by atoms with Crippen LogP contribution in [-0.4, -0.2) is 17.1 Å². The normalized spacial score (nSPS) is 11.3. The molecule has 0 saturated heterocycles. The van der Waals surface area contributed by atoms with Crippen molar-refractivity contribution in [3.63, 3.8) is 0 Å². The second-order valence-electron chi connectivity index (χ2n) is 5.98. The molecule has 124 valence electrons. The van der Waals surface area contributed by atoms with Gasteiger partial charge in [0.15, 0.2) is 0 Å². The number of hydrogen-bond donors (Lipinski definition) is 1. The van der Waals surface area contributed by atoms with Crippen LogP contribution in [0.4, 0.5) is 4.39 Å². The van der Waals surface area contributed by atoms with E-state index >= 15 is 0 Å². The molecule has 0 aliphatic carbocycles. The standard InChI is InChI=1S/C19H18FNO3/c1-12-17(22)7-6-16-14(9-18(23)24-19(12)16)11-21(2)10-13-4-3-5-15(20)8-13/h3-9,22H,10-11H2,1-2H3. The zero-order valence-corrected chi connectivity index (χ0v) is 13.5. The molecule has 3 aromatic rings. The van der Waals surface area contributed by atoms with Crippen LogP contribution >= 0.6 is 0 Å². The molecule has 0 fully saturated rings. The van der Waals surface area contributed by atoms with E-state index in [-0.39, 0.29) is 11.6 Å². The van der Waals surface area contributed by atoms with Crippen LogP contribution in [0.1, 0.15) is 16.7 Å². The van der Waals surface area contributed by atoms with E-state index in [9.17, 15) is 14.3 Å². The number of hydrogen-bond acceptors (Lipinski definition) is 4. The SMILES string of the molecule is Cc1c(O)ccc2c(CN(C)Cc3cccc(F)c3)cc(=O)oc12. The second kappa shape index (κ2) is 6.45. The Labute approximate surface area is 138 Å². The largest absolute Gasteiger partial charge is 0.508 e. The highest BCUT2D eigenvalue weighted by atomic mass is 19.1. The van der Waals surface area contributed by atoms with E-state index in [1.807, 2.05) is 18.0 Å². The van der Waals surface area contributed by atoms with Gasteiger partial charge in [0, 0.05) is 30.1 Å². The van der Waals surface area contributed by atoms with Crippen molar-refractivity contribution in [1.29, 1.82) is 0 Å². The maximum Gasteiger partial charge on any atom is 0.336 e. The molecule has 0 saturated carbocycles. The molecule has 3 rings (SSSR count). The summed E-state index contributed by atoms with van der Waals surface area (Å²) < 4.78 is 18.5. The fourth-order valence-corrected chi connectivity index (χ4v) is 2.84. The molecule has 1 N–H and O–H groups in total. The number of rotatable bonds is 4. The van der Waals surface area contributed by atoms with Crippen LogP contribution < -0.4 is 5.63 Å². The van der Waals surface area contributed by atoms with Crippen LogP contribution in [-0.2, 0) is 13.1 Å². The zero-order chi connectivity index (χ0) is 17.3. The van der Waals surface area contributed by atoms with E-state index < -0.39 is 5.63 Å². The number of aryl methyl sites for hydroxylation is 1. The molecule has 0 radical (unpaired) electrons. The third kappa shape index (κ3) is 3.31. The van der Waals surface area contributed by atoms with Crippen molar-refractivity contribution in [3.05, 3.63) is 75.4 Å². The van der Waals surface area contributed by atoms with Crippen LogP contribution in [0.25, 0.3) is 11.0 Å². The maximum atomic E-state index is 13.3. The Bertz CT molecular complexity index is 949. The van der Waals surface area contributed by atoms with Crippen molar-refractivity contribution in [1.82, 2.24) is 4.90 Å². The zero-order valence-electron chi connectivity index (χ0n) is 13.5. The summed E-state index contributed by atoms with van der Waals surface area (Å²) in [6.07, 6.45) is 0. The summed E-state index contributed by atoms with van der Waals surface area (Å²) in [4.78, 5) is 13.8. The first-order valence-electron chi connectivity index (χ1n) is 7.62. The molecular weight excluding hydrogens is 309 g/mol. The molecule has 0 bridgehead atoms. The van der Waals surface area contributed by atoms with E-state index in [0.717, 1.165) is 16.5 Å². The summed E-state index contributed by atoms with van der Waals surface area (Å²) in [6, 6.07) is 11.2. The molecule has 0 aliphatic rings. The van der Waals surface area contributed by atoms with E-state index in [4.69, 9.17) is 4.42 Å². The van der Waals surface area contributed by atoms with Gasteiger partial charge in [-0.05, 0) is 49.4 Å². The van der Waals surface area contributed by atoms with Crippen LogP contribution in [0.3, 0.4) is 0 Å². The van der Waals surface area contributed by atoms with Gasteiger partial charge in [-0.25, -0.2) is 9.18 Å². The summed E-state index contributed by atoms with van der Waals surface area (Å²) in [6.45, 7) is 2.76. The molecule has 24 heavy (non-hydrogen) atoms. The Morgan fingerprint density at radius 2 is 1.96 bits per heavy atom. The van der Waals surface area contributed by atoms with Crippen LogP contribution in [0.15, 0.2) is 51.7 Å². The van der Waals surface area contributed by atoms with Crippen molar-refractivity contribution in [2.24, 2.45) is 0 Å². The monoisotopic (exact) mass is 327 g/mol. The van der Waals surface area contributed by atoms with Gasteiger partial charge in [-0.15, -0.1) is 0 Å². The lowest BCUT2D eigenvalue weighted by atomic mass is 10.1. The van der Waals surface area contributed by atoms with Crippen LogP contribution in [0.5, 0.6) is 5.75 Å². The Morgan fingerprint density at radius 3 is 2.71 bits per heavy atom. The van der Waals surface area contributed by atoms with E-state index in [1.165, 1.54) is 18.2 Å². The lowest BCUT2D eigenvalue weighted by Crippen LogP contribution is -2.18. The molecular formula is C19H18FNO3. The first-order chi connectivity index (χ1) is 11.4. The molecule has 2 aromatic carbocycles. The third-order valence-corrected chi connectivity index (χ3v) is 4.00. The predicted molar refractivity (Wildman–Crippen MR) is 90.5 cm³/mol. The smallest absolute Gasteiger partial charge is 0.336 e. The number of phenolic OH excluding ortho intramolecular Hbond substituents is 1. The average molecular weight is 327 g/mol. The van der Waals surface area contributed by atoms with Crippen molar-refractivity contribution >= 4 is 11.0 Å². The maximum absolute atomic E-state index is 13.3. The second-order valence-corrected chi connectivity index (χ2v) is 5.98. The third-order valence-electron chi connectivity index (χ3n) is 4.00. The van der Waals surface area contributed by atoms with Gasteiger partial charge >= 0.3 is 5.63 Å². The Balaban J connectivity index is 1.92. The van der Waals surface area contributed by atoms with E-state index in [2.05, 4.69) is 0 Å². The lowest BCUT2D eigenvalue weighted by molar-refractivity contribution is 0.319. The number of fused-ring (bicyclic) bond motifs is 1. The first kappa shape index (κ1) is 16.2. The topological polar surface area (TPSA) is 53.7 Å².